The van der Waals surface area contributed by atoms with E-state index in [1.165, 1.54) is 19.2 Å². The van der Waals surface area contributed by atoms with Crippen molar-refractivity contribution in [3.63, 3.8) is 0 Å². The first-order valence-electron chi connectivity index (χ1n) is 6.33. The van der Waals surface area contributed by atoms with E-state index in [-0.39, 0.29) is 18.2 Å². The smallest absolute Gasteiger partial charge is 0.353 e. The van der Waals surface area contributed by atoms with Crippen LogP contribution in [-0.2, 0) is 4.79 Å². The van der Waals surface area contributed by atoms with E-state index in [1.54, 1.807) is 32.0 Å². The lowest BCUT2D eigenvalue weighted by atomic mass is 10.1. The molecule has 0 fully saturated rings. The number of hydrogen-bond donors (Lipinski definition) is 1. The van der Waals surface area contributed by atoms with Crippen LogP contribution < -0.4 is 5.32 Å². The van der Waals surface area contributed by atoms with Crippen molar-refractivity contribution < 1.29 is 18.0 Å². The van der Waals surface area contributed by atoms with Crippen LogP contribution in [-0.4, -0.2) is 36.6 Å². The zero-order valence-electron chi connectivity index (χ0n) is 11.7. The van der Waals surface area contributed by atoms with E-state index in [0.717, 1.165) is 4.90 Å². The number of nitrogens with zero attached hydrogens (tertiary/aromatic N) is 1. The minimum absolute atomic E-state index is 0.100. The molecule has 0 saturated carbocycles. The number of carbonyl (C=O) groups is 1. The van der Waals surface area contributed by atoms with Crippen molar-refractivity contribution in [1.82, 2.24) is 10.2 Å². The quantitative estimate of drug-likeness (QED) is 0.903. The molecule has 0 radical (unpaired) electrons. The molecule has 0 bridgehead atoms. The molecular formula is C14H19F3N2O. The SMILES string of the molecule is CC(C)NC(=O)CN(C)[C@H](c1ccccc1)C(F)(F)F. The number of hydrogen-bond acceptors (Lipinski definition) is 2. The Kier molecular flexibility index (Phi) is 5.56. The molecular weight excluding hydrogens is 269 g/mol. The summed E-state index contributed by atoms with van der Waals surface area (Å²) in [4.78, 5) is 12.6. The summed E-state index contributed by atoms with van der Waals surface area (Å²) >= 11 is 0. The minimum Gasteiger partial charge on any atom is -0.353 e. The lowest BCUT2D eigenvalue weighted by molar-refractivity contribution is -0.183. The summed E-state index contributed by atoms with van der Waals surface area (Å²) in [6.45, 7) is 3.21. The molecule has 1 atom stereocenters. The van der Waals surface area contributed by atoms with Gasteiger partial charge in [-0.3, -0.25) is 9.69 Å². The molecule has 0 aromatic heterocycles. The maximum absolute atomic E-state index is 13.2. The molecule has 0 aliphatic heterocycles. The Labute approximate surface area is 116 Å². The van der Waals surface area contributed by atoms with E-state index in [2.05, 4.69) is 5.32 Å². The zero-order chi connectivity index (χ0) is 15.3. The average molecular weight is 288 g/mol. The molecule has 1 aromatic carbocycles. The molecule has 3 nitrogen and oxygen atoms in total. The van der Waals surface area contributed by atoms with Crippen molar-refractivity contribution in [2.24, 2.45) is 0 Å². The van der Waals surface area contributed by atoms with Gasteiger partial charge in [-0.25, -0.2) is 0 Å². The molecule has 0 saturated heterocycles. The second-order valence-corrected chi connectivity index (χ2v) is 4.99. The first-order valence-corrected chi connectivity index (χ1v) is 6.33. The fraction of sp³-hybridized carbons (Fsp3) is 0.500. The summed E-state index contributed by atoms with van der Waals surface area (Å²) in [7, 11) is 1.30. The number of nitrogens with one attached hydrogen (secondary N) is 1. The van der Waals surface area contributed by atoms with Crippen LogP contribution >= 0.6 is 0 Å². The highest BCUT2D eigenvalue weighted by molar-refractivity contribution is 5.78. The first-order chi connectivity index (χ1) is 9.21. The third-order valence-electron chi connectivity index (χ3n) is 2.71. The number of rotatable bonds is 5. The van der Waals surface area contributed by atoms with E-state index in [1.807, 2.05) is 0 Å². The highest BCUT2D eigenvalue weighted by Crippen LogP contribution is 2.36. The van der Waals surface area contributed by atoms with Gasteiger partial charge in [-0.2, -0.15) is 13.2 Å². The van der Waals surface area contributed by atoms with Gasteiger partial charge < -0.3 is 5.32 Å². The van der Waals surface area contributed by atoms with E-state index in [0.29, 0.717) is 0 Å². The normalized spacial score (nSPS) is 13.6. The molecule has 0 aliphatic carbocycles. The van der Waals surface area contributed by atoms with E-state index < -0.39 is 18.1 Å². The Balaban J connectivity index is 2.87. The first kappa shape index (κ1) is 16.5. The van der Waals surface area contributed by atoms with Gasteiger partial charge in [-0.1, -0.05) is 30.3 Å². The third-order valence-corrected chi connectivity index (χ3v) is 2.71. The molecule has 0 spiro atoms. The van der Waals surface area contributed by atoms with Crippen LogP contribution in [0.1, 0.15) is 25.5 Å². The molecule has 6 heteroatoms. The molecule has 0 heterocycles. The van der Waals surface area contributed by atoms with Gasteiger partial charge in [0.15, 0.2) is 0 Å². The molecule has 1 amide bonds. The van der Waals surface area contributed by atoms with E-state index in [4.69, 9.17) is 0 Å². The Morgan fingerprint density at radius 2 is 1.80 bits per heavy atom. The molecule has 20 heavy (non-hydrogen) atoms. The summed E-state index contributed by atoms with van der Waals surface area (Å²) in [5.74, 6) is -0.423. The largest absolute Gasteiger partial charge is 0.408 e. The van der Waals surface area contributed by atoms with Crippen molar-refractivity contribution in [1.29, 1.82) is 0 Å². The van der Waals surface area contributed by atoms with Crippen LogP contribution in [0, 0.1) is 0 Å². The summed E-state index contributed by atoms with van der Waals surface area (Å²) in [5.41, 5.74) is 0.125. The molecule has 1 N–H and O–H groups in total. The van der Waals surface area contributed by atoms with Crippen molar-refractivity contribution >= 4 is 5.91 Å². The van der Waals surface area contributed by atoms with Gasteiger partial charge in [-0.15, -0.1) is 0 Å². The predicted molar refractivity (Wildman–Crippen MR) is 71.1 cm³/mol. The van der Waals surface area contributed by atoms with Crippen molar-refractivity contribution in [2.45, 2.75) is 32.1 Å². The minimum atomic E-state index is -4.44. The van der Waals surface area contributed by atoms with Crippen molar-refractivity contribution in [2.75, 3.05) is 13.6 Å². The van der Waals surface area contributed by atoms with Crippen LogP contribution in [0.3, 0.4) is 0 Å². The third kappa shape index (κ3) is 4.85. The van der Waals surface area contributed by atoms with Gasteiger partial charge in [0.25, 0.3) is 0 Å². The predicted octanol–water partition coefficient (Wildman–Crippen LogP) is 2.75. The van der Waals surface area contributed by atoms with Gasteiger partial charge in [0.05, 0.1) is 6.54 Å². The molecule has 112 valence electrons. The number of benzene rings is 1. The van der Waals surface area contributed by atoms with Crippen molar-refractivity contribution in [3.05, 3.63) is 35.9 Å². The Hall–Kier alpha value is -1.56. The van der Waals surface area contributed by atoms with Gasteiger partial charge in [0.1, 0.15) is 6.04 Å². The average Bonchev–Trinajstić information content (AvgIpc) is 2.26. The fourth-order valence-electron chi connectivity index (χ4n) is 2.01. The lowest BCUT2D eigenvalue weighted by Gasteiger charge is -2.30. The lowest BCUT2D eigenvalue weighted by Crippen LogP contribution is -2.43. The number of likely N-dealkylation sites (N-methyl/N-ethyl adjacent to an activating group) is 1. The molecule has 1 rings (SSSR count). The van der Waals surface area contributed by atoms with Crippen LogP contribution in [0.2, 0.25) is 0 Å². The maximum Gasteiger partial charge on any atom is 0.408 e. The van der Waals surface area contributed by atoms with Gasteiger partial charge in [-0.05, 0) is 26.5 Å². The van der Waals surface area contributed by atoms with Gasteiger partial charge in [0.2, 0.25) is 5.91 Å². The summed E-state index contributed by atoms with van der Waals surface area (Å²) in [6, 6.07) is 5.69. The maximum atomic E-state index is 13.2. The zero-order valence-corrected chi connectivity index (χ0v) is 11.7. The standard InChI is InChI=1S/C14H19F3N2O/c1-10(2)18-12(20)9-19(3)13(14(15,16)17)11-7-5-4-6-8-11/h4-8,10,13H,9H2,1-3H3,(H,18,20)/t13-/m1/s1. The van der Waals surface area contributed by atoms with E-state index >= 15 is 0 Å². The summed E-state index contributed by atoms with van der Waals surface area (Å²) in [6.07, 6.45) is -4.44. The number of halogens is 3. The Bertz CT molecular complexity index is 432. The summed E-state index contributed by atoms with van der Waals surface area (Å²) in [5, 5.41) is 2.58. The topological polar surface area (TPSA) is 32.3 Å². The van der Waals surface area contributed by atoms with Crippen LogP contribution in [0.5, 0.6) is 0 Å². The monoisotopic (exact) mass is 288 g/mol. The fourth-order valence-corrected chi connectivity index (χ4v) is 2.01. The highest BCUT2D eigenvalue weighted by atomic mass is 19.4. The highest BCUT2D eigenvalue weighted by Gasteiger charge is 2.43. The van der Waals surface area contributed by atoms with Gasteiger partial charge in [0, 0.05) is 6.04 Å². The molecule has 1 aromatic rings. The van der Waals surface area contributed by atoms with Crippen LogP contribution in [0.4, 0.5) is 13.2 Å². The van der Waals surface area contributed by atoms with Gasteiger partial charge >= 0.3 is 6.18 Å². The number of amides is 1. The number of carbonyl (C=O) groups excluding carboxylic acids is 1. The van der Waals surface area contributed by atoms with Crippen molar-refractivity contribution in [3.8, 4) is 0 Å². The number of alkyl halides is 3. The second-order valence-electron chi connectivity index (χ2n) is 4.99. The molecule has 0 aliphatic rings. The Morgan fingerprint density at radius 3 is 2.25 bits per heavy atom. The molecule has 0 unspecified atom stereocenters. The van der Waals surface area contributed by atoms with Crippen LogP contribution in [0.15, 0.2) is 30.3 Å². The van der Waals surface area contributed by atoms with Crippen LogP contribution in [0.25, 0.3) is 0 Å². The van der Waals surface area contributed by atoms with E-state index in [9.17, 15) is 18.0 Å². The second kappa shape index (κ2) is 6.74. The summed E-state index contributed by atoms with van der Waals surface area (Å²) < 4.78 is 39.6. The Morgan fingerprint density at radius 1 is 1.25 bits per heavy atom.